The minimum absolute atomic E-state index is 0.0755. The summed E-state index contributed by atoms with van der Waals surface area (Å²) in [5.74, 6) is -1.01. The molecule has 0 bridgehead atoms. The van der Waals surface area contributed by atoms with Crippen LogP contribution < -0.4 is 5.43 Å². The minimum atomic E-state index is -1.01. The van der Waals surface area contributed by atoms with Crippen LogP contribution in [0.2, 0.25) is 0 Å². The molecule has 2 heterocycles. The number of anilines is 1. The summed E-state index contributed by atoms with van der Waals surface area (Å²) in [6, 6.07) is 0. The molecule has 1 aromatic heterocycles. The van der Waals surface area contributed by atoms with E-state index in [0.29, 0.717) is 18.2 Å². The van der Waals surface area contributed by atoms with E-state index in [1.54, 1.807) is 0 Å². The Morgan fingerprint density at radius 3 is 3.00 bits per heavy atom. The fraction of sp³-hybridized carbons (Fsp3) is 0.500. The van der Waals surface area contributed by atoms with Crippen molar-refractivity contribution in [1.82, 2.24) is 9.99 Å². The van der Waals surface area contributed by atoms with E-state index in [-0.39, 0.29) is 5.69 Å². The van der Waals surface area contributed by atoms with E-state index in [4.69, 9.17) is 9.84 Å². The predicted molar refractivity (Wildman–Crippen MR) is 55.1 cm³/mol. The lowest BCUT2D eigenvalue weighted by molar-refractivity contribution is 0.0497. The number of aromatic carboxylic acids is 1. The third kappa shape index (κ3) is 2.44. The lowest BCUT2D eigenvalue weighted by Crippen LogP contribution is -2.40. The van der Waals surface area contributed by atoms with E-state index in [2.05, 4.69) is 10.4 Å². The molecule has 1 aliphatic heterocycles. The summed E-state index contributed by atoms with van der Waals surface area (Å²) in [5.41, 5.74) is 4.63. The van der Waals surface area contributed by atoms with Gasteiger partial charge in [0.25, 0.3) is 0 Å². The van der Waals surface area contributed by atoms with Gasteiger partial charge in [0.2, 0.25) is 0 Å². The fourth-order valence-corrected chi connectivity index (χ4v) is 1.99. The fourth-order valence-electron chi connectivity index (χ4n) is 1.30. The number of morpholine rings is 1. The van der Waals surface area contributed by atoms with Crippen molar-refractivity contribution in [3.8, 4) is 0 Å². The zero-order valence-electron chi connectivity index (χ0n) is 7.97. The second-order valence-electron chi connectivity index (χ2n) is 3.05. The predicted octanol–water partition coefficient (Wildman–Crippen LogP) is 0.500. The highest BCUT2D eigenvalue weighted by Gasteiger charge is 2.17. The molecule has 6 nitrogen and oxygen atoms in total. The van der Waals surface area contributed by atoms with Crippen molar-refractivity contribution >= 4 is 22.3 Å². The highest BCUT2D eigenvalue weighted by Crippen LogP contribution is 2.20. The third-order valence-electron chi connectivity index (χ3n) is 2.04. The molecule has 82 valence electrons. The second kappa shape index (κ2) is 4.56. The van der Waals surface area contributed by atoms with Crippen LogP contribution in [0.4, 0.5) is 5.00 Å². The maximum Gasteiger partial charge on any atom is 0.357 e. The maximum atomic E-state index is 10.8. The Labute approximate surface area is 90.5 Å². The first kappa shape index (κ1) is 10.3. The van der Waals surface area contributed by atoms with Gasteiger partial charge in [0.05, 0.1) is 18.7 Å². The van der Waals surface area contributed by atoms with Crippen LogP contribution in [-0.4, -0.2) is 47.4 Å². The molecule has 1 aliphatic rings. The SMILES string of the molecule is O=C(O)c1ncsc1NN1CCOCC1. The molecule has 2 rings (SSSR count). The van der Waals surface area contributed by atoms with Crippen molar-refractivity contribution in [3.63, 3.8) is 0 Å². The van der Waals surface area contributed by atoms with Crippen molar-refractivity contribution < 1.29 is 14.6 Å². The van der Waals surface area contributed by atoms with Gasteiger partial charge in [-0.15, -0.1) is 11.3 Å². The molecule has 0 amide bonds. The van der Waals surface area contributed by atoms with Gasteiger partial charge < -0.3 is 15.3 Å². The van der Waals surface area contributed by atoms with Crippen LogP contribution in [0.25, 0.3) is 0 Å². The molecule has 1 saturated heterocycles. The summed E-state index contributed by atoms with van der Waals surface area (Å²) in [4.78, 5) is 14.6. The first-order valence-electron chi connectivity index (χ1n) is 4.53. The Morgan fingerprint density at radius 1 is 1.60 bits per heavy atom. The molecule has 15 heavy (non-hydrogen) atoms. The Hall–Kier alpha value is -1.18. The molecule has 0 radical (unpaired) electrons. The standard InChI is InChI=1S/C8H11N3O3S/c12-8(13)6-7(15-5-9-6)10-11-1-3-14-4-2-11/h5,10H,1-4H2,(H,12,13). The number of carboxylic acid groups (broad SMARTS) is 1. The molecule has 0 atom stereocenters. The van der Waals surface area contributed by atoms with Crippen LogP contribution in [0.3, 0.4) is 0 Å². The van der Waals surface area contributed by atoms with Crippen LogP contribution in [-0.2, 0) is 4.74 Å². The topological polar surface area (TPSA) is 74.7 Å². The van der Waals surface area contributed by atoms with Crippen molar-refractivity contribution in [2.24, 2.45) is 0 Å². The van der Waals surface area contributed by atoms with Crippen molar-refractivity contribution in [1.29, 1.82) is 0 Å². The van der Waals surface area contributed by atoms with E-state index in [1.165, 1.54) is 16.8 Å². The number of rotatable bonds is 3. The Kier molecular flexibility index (Phi) is 3.14. The van der Waals surface area contributed by atoms with E-state index in [1.807, 2.05) is 5.01 Å². The van der Waals surface area contributed by atoms with Gasteiger partial charge in [-0.05, 0) is 0 Å². The molecular formula is C8H11N3O3S. The Balaban J connectivity index is 2.03. The first-order chi connectivity index (χ1) is 7.27. The Bertz CT molecular complexity index is 349. The van der Waals surface area contributed by atoms with Crippen LogP contribution in [0, 0.1) is 0 Å². The van der Waals surface area contributed by atoms with Gasteiger partial charge in [0, 0.05) is 13.1 Å². The first-order valence-corrected chi connectivity index (χ1v) is 5.41. The van der Waals surface area contributed by atoms with E-state index in [0.717, 1.165) is 13.1 Å². The van der Waals surface area contributed by atoms with Gasteiger partial charge in [0.1, 0.15) is 5.00 Å². The minimum Gasteiger partial charge on any atom is -0.476 e. The number of hydrogen-bond acceptors (Lipinski definition) is 6. The number of nitrogens with one attached hydrogen (secondary N) is 1. The van der Waals surface area contributed by atoms with Crippen molar-refractivity contribution in [2.75, 3.05) is 31.7 Å². The number of carbonyl (C=O) groups is 1. The summed E-state index contributed by atoms with van der Waals surface area (Å²) in [7, 11) is 0. The molecule has 0 aromatic carbocycles. The summed E-state index contributed by atoms with van der Waals surface area (Å²) < 4.78 is 5.19. The monoisotopic (exact) mass is 229 g/mol. The number of thiazole rings is 1. The molecule has 0 spiro atoms. The Morgan fingerprint density at radius 2 is 2.33 bits per heavy atom. The van der Waals surface area contributed by atoms with Crippen LogP contribution in [0.1, 0.15) is 10.5 Å². The highest BCUT2D eigenvalue weighted by molar-refractivity contribution is 7.14. The van der Waals surface area contributed by atoms with E-state index < -0.39 is 5.97 Å². The number of ether oxygens (including phenoxy) is 1. The average molecular weight is 229 g/mol. The highest BCUT2D eigenvalue weighted by atomic mass is 32.1. The lowest BCUT2D eigenvalue weighted by atomic mass is 10.4. The summed E-state index contributed by atoms with van der Waals surface area (Å²) in [5, 5.41) is 11.4. The zero-order chi connectivity index (χ0) is 10.7. The van der Waals surface area contributed by atoms with Gasteiger partial charge in [-0.3, -0.25) is 0 Å². The zero-order valence-corrected chi connectivity index (χ0v) is 8.79. The normalized spacial score (nSPS) is 17.6. The quantitative estimate of drug-likeness (QED) is 0.786. The van der Waals surface area contributed by atoms with Crippen molar-refractivity contribution in [2.45, 2.75) is 0 Å². The van der Waals surface area contributed by atoms with Crippen LogP contribution in [0.15, 0.2) is 5.51 Å². The van der Waals surface area contributed by atoms with E-state index >= 15 is 0 Å². The number of hydrazine groups is 1. The van der Waals surface area contributed by atoms with Crippen LogP contribution in [0.5, 0.6) is 0 Å². The molecule has 0 unspecified atom stereocenters. The molecule has 1 fully saturated rings. The number of nitrogens with zero attached hydrogens (tertiary/aromatic N) is 2. The van der Waals surface area contributed by atoms with Crippen molar-refractivity contribution in [3.05, 3.63) is 11.2 Å². The third-order valence-corrected chi connectivity index (χ3v) is 2.77. The number of carboxylic acids is 1. The van der Waals surface area contributed by atoms with E-state index in [9.17, 15) is 4.79 Å². The number of hydrogen-bond donors (Lipinski definition) is 2. The molecular weight excluding hydrogens is 218 g/mol. The lowest BCUT2D eigenvalue weighted by Gasteiger charge is -2.27. The van der Waals surface area contributed by atoms with Gasteiger partial charge >= 0.3 is 5.97 Å². The second-order valence-corrected chi connectivity index (χ2v) is 3.90. The van der Waals surface area contributed by atoms with Gasteiger partial charge in [-0.1, -0.05) is 0 Å². The van der Waals surface area contributed by atoms with Gasteiger partial charge in [-0.2, -0.15) is 0 Å². The average Bonchev–Trinajstić information content (AvgIpc) is 2.67. The summed E-state index contributed by atoms with van der Waals surface area (Å²) in [6.45, 7) is 2.82. The molecule has 0 saturated carbocycles. The summed E-state index contributed by atoms with van der Waals surface area (Å²) in [6.07, 6.45) is 0. The van der Waals surface area contributed by atoms with Crippen LogP contribution >= 0.6 is 11.3 Å². The van der Waals surface area contributed by atoms with Gasteiger partial charge in [0.15, 0.2) is 5.69 Å². The molecule has 0 aliphatic carbocycles. The smallest absolute Gasteiger partial charge is 0.357 e. The largest absolute Gasteiger partial charge is 0.476 e. The summed E-state index contributed by atoms with van der Waals surface area (Å²) >= 11 is 1.29. The molecule has 7 heteroatoms. The maximum absolute atomic E-state index is 10.8. The van der Waals surface area contributed by atoms with Gasteiger partial charge in [-0.25, -0.2) is 14.8 Å². The molecule has 1 aromatic rings. The number of aromatic nitrogens is 1. The molecule has 2 N–H and O–H groups in total.